The molecule has 0 spiro atoms. The van der Waals surface area contributed by atoms with E-state index in [1.807, 2.05) is 54.7 Å². The van der Waals surface area contributed by atoms with Crippen molar-refractivity contribution in [2.45, 2.75) is 19.4 Å². The molecule has 5 rings (SSSR count). The van der Waals surface area contributed by atoms with Gasteiger partial charge in [0.2, 0.25) is 0 Å². The van der Waals surface area contributed by atoms with Gasteiger partial charge in [-0.05, 0) is 47.2 Å². The summed E-state index contributed by atoms with van der Waals surface area (Å²) in [7, 11) is 1.93. The number of aromatic nitrogens is 4. The minimum absolute atomic E-state index is 0.147. The Balaban J connectivity index is 1.46. The van der Waals surface area contributed by atoms with Crippen molar-refractivity contribution >= 4 is 27.5 Å². The van der Waals surface area contributed by atoms with Gasteiger partial charge in [0, 0.05) is 42.0 Å². The predicted molar refractivity (Wildman–Crippen MR) is 122 cm³/mol. The number of anilines is 1. The maximum Gasteiger partial charge on any atom is 0.127 e. The van der Waals surface area contributed by atoms with Gasteiger partial charge in [0.25, 0.3) is 0 Å². The Kier molecular flexibility index (Phi) is 4.64. The molecule has 0 aliphatic carbocycles. The molecule has 3 heterocycles. The number of rotatable bonds is 5. The van der Waals surface area contributed by atoms with Gasteiger partial charge in [-0.2, -0.15) is 5.10 Å². The zero-order valence-electron chi connectivity index (χ0n) is 17.1. The van der Waals surface area contributed by atoms with Crippen molar-refractivity contribution in [1.82, 2.24) is 19.7 Å². The average Bonchev–Trinajstić information content (AvgIpc) is 3.23. The summed E-state index contributed by atoms with van der Waals surface area (Å²) >= 11 is 0. The smallest absolute Gasteiger partial charge is 0.127 e. The minimum Gasteiger partial charge on any atom is -0.363 e. The maximum atomic E-state index is 4.64. The highest BCUT2D eigenvalue weighted by Crippen LogP contribution is 2.28. The number of para-hydroxylation sites is 1. The number of benzene rings is 2. The third-order valence-corrected chi connectivity index (χ3v) is 5.50. The van der Waals surface area contributed by atoms with Crippen LogP contribution in [0.5, 0.6) is 0 Å². The topological polar surface area (TPSA) is 55.6 Å². The van der Waals surface area contributed by atoms with E-state index in [9.17, 15) is 0 Å². The second kappa shape index (κ2) is 7.59. The first-order valence-corrected chi connectivity index (χ1v) is 10.2. The van der Waals surface area contributed by atoms with Crippen molar-refractivity contribution in [2.75, 3.05) is 5.32 Å². The molecule has 0 radical (unpaired) electrons. The minimum atomic E-state index is 0.147. The number of hydrogen-bond acceptors (Lipinski definition) is 4. The highest BCUT2D eigenvalue weighted by atomic mass is 15.2. The van der Waals surface area contributed by atoms with Gasteiger partial charge in [0.1, 0.15) is 5.82 Å². The molecule has 2 aromatic carbocycles. The monoisotopic (exact) mass is 393 g/mol. The summed E-state index contributed by atoms with van der Waals surface area (Å²) < 4.78 is 1.82. The summed E-state index contributed by atoms with van der Waals surface area (Å²) in [6.45, 7) is 2.18. The average molecular weight is 393 g/mol. The van der Waals surface area contributed by atoms with Crippen LogP contribution in [0.4, 0.5) is 5.82 Å². The number of fused-ring (bicyclic) bond motifs is 2. The van der Waals surface area contributed by atoms with Crippen LogP contribution in [0.15, 0.2) is 79.4 Å². The van der Waals surface area contributed by atoms with E-state index in [1.54, 1.807) is 0 Å². The van der Waals surface area contributed by atoms with Crippen LogP contribution in [0.25, 0.3) is 32.8 Å². The van der Waals surface area contributed by atoms with Gasteiger partial charge in [-0.15, -0.1) is 0 Å². The summed E-state index contributed by atoms with van der Waals surface area (Å²) in [6, 6.07) is 19.1. The second-order valence-electron chi connectivity index (χ2n) is 7.60. The number of nitrogens with one attached hydrogen (secondary N) is 1. The zero-order chi connectivity index (χ0) is 20.5. The van der Waals surface area contributed by atoms with Gasteiger partial charge in [-0.1, -0.05) is 37.3 Å². The molecular formula is C25H23N5. The van der Waals surface area contributed by atoms with Gasteiger partial charge >= 0.3 is 0 Å². The first-order valence-electron chi connectivity index (χ1n) is 10.2. The van der Waals surface area contributed by atoms with E-state index in [0.717, 1.165) is 45.0 Å². The second-order valence-corrected chi connectivity index (χ2v) is 7.60. The first kappa shape index (κ1) is 18.3. The zero-order valence-corrected chi connectivity index (χ0v) is 17.1. The molecule has 1 unspecified atom stereocenters. The standard InChI is InChI=1S/C25H23N5/c1-3-23(21-11-18-6-4-5-7-24(18)26-14-21)29-25-12-20-10-17(8-9-19(20)13-27-25)22-15-28-30(2)16-22/h4-16,23H,3H2,1-2H3,(H,27,29). The van der Waals surface area contributed by atoms with E-state index in [2.05, 4.69) is 63.7 Å². The number of hydrogen-bond donors (Lipinski definition) is 1. The molecule has 0 amide bonds. The van der Waals surface area contributed by atoms with Crippen molar-refractivity contribution in [3.05, 3.63) is 84.9 Å². The van der Waals surface area contributed by atoms with E-state index in [4.69, 9.17) is 0 Å². The van der Waals surface area contributed by atoms with Crippen molar-refractivity contribution in [3.63, 3.8) is 0 Å². The fraction of sp³-hybridized carbons (Fsp3) is 0.160. The Hall–Kier alpha value is -3.73. The fourth-order valence-corrected chi connectivity index (χ4v) is 3.85. The Labute approximate surface area is 175 Å². The van der Waals surface area contributed by atoms with Crippen LogP contribution in [0.2, 0.25) is 0 Å². The van der Waals surface area contributed by atoms with Crippen LogP contribution in [-0.4, -0.2) is 19.7 Å². The SMILES string of the molecule is CCC(Nc1cc2cc(-c3cnn(C)c3)ccc2cn1)c1cnc2ccccc2c1. The third kappa shape index (κ3) is 3.50. The molecule has 3 aromatic heterocycles. The molecule has 0 fully saturated rings. The van der Waals surface area contributed by atoms with Crippen LogP contribution in [0, 0.1) is 0 Å². The fourth-order valence-electron chi connectivity index (χ4n) is 3.85. The van der Waals surface area contributed by atoms with Crippen LogP contribution in [0.1, 0.15) is 24.9 Å². The summed E-state index contributed by atoms with van der Waals surface area (Å²) in [5, 5.41) is 11.3. The van der Waals surface area contributed by atoms with E-state index >= 15 is 0 Å². The lowest BCUT2D eigenvalue weighted by Gasteiger charge is -2.18. The number of pyridine rings is 2. The summed E-state index contributed by atoms with van der Waals surface area (Å²) in [6.07, 6.45) is 8.75. The maximum absolute atomic E-state index is 4.64. The predicted octanol–water partition coefficient (Wildman–Crippen LogP) is 5.75. The summed E-state index contributed by atoms with van der Waals surface area (Å²) in [4.78, 5) is 9.26. The van der Waals surface area contributed by atoms with Crippen LogP contribution >= 0.6 is 0 Å². The molecule has 0 saturated heterocycles. The molecule has 148 valence electrons. The molecule has 1 atom stereocenters. The first-order chi connectivity index (χ1) is 14.7. The lowest BCUT2D eigenvalue weighted by molar-refractivity contribution is 0.743. The largest absolute Gasteiger partial charge is 0.363 e. The molecule has 0 aliphatic rings. The lowest BCUT2D eigenvalue weighted by Crippen LogP contribution is -2.11. The van der Waals surface area contributed by atoms with Crippen molar-refractivity contribution in [3.8, 4) is 11.1 Å². The Morgan fingerprint density at radius 1 is 0.867 bits per heavy atom. The van der Waals surface area contributed by atoms with Crippen LogP contribution in [0.3, 0.4) is 0 Å². The Morgan fingerprint density at radius 3 is 2.60 bits per heavy atom. The van der Waals surface area contributed by atoms with Crippen molar-refractivity contribution < 1.29 is 0 Å². The molecule has 30 heavy (non-hydrogen) atoms. The van der Waals surface area contributed by atoms with E-state index in [1.165, 1.54) is 5.56 Å². The summed E-state index contributed by atoms with van der Waals surface area (Å²) in [5.74, 6) is 0.867. The third-order valence-electron chi connectivity index (χ3n) is 5.50. The van der Waals surface area contributed by atoms with Gasteiger partial charge < -0.3 is 5.32 Å². The van der Waals surface area contributed by atoms with Crippen LogP contribution in [-0.2, 0) is 7.05 Å². The van der Waals surface area contributed by atoms with Gasteiger partial charge in [0.15, 0.2) is 0 Å². The Bertz CT molecular complexity index is 1340. The molecule has 5 heteroatoms. The van der Waals surface area contributed by atoms with Crippen molar-refractivity contribution in [2.24, 2.45) is 7.05 Å². The van der Waals surface area contributed by atoms with E-state index < -0.39 is 0 Å². The van der Waals surface area contributed by atoms with E-state index in [-0.39, 0.29) is 6.04 Å². The molecule has 0 aliphatic heterocycles. The number of nitrogens with zero attached hydrogens (tertiary/aromatic N) is 4. The number of aryl methyl sites for hydroxylation is 1. The Morgan fingerprint density at radius 2 is 1.77 bits per heavy atom. The van der Waals surface area contributed by atoms with Crippen molar-refractivity contribution in [1.29, 1.82) is 0 Å². The highest BCUT2D eigenvalue weighted by molar-refractivity contribution is 5.88. The quantitative estimate of drug-likeness (QED) is 0.413. The molecule has 5 nitrogen and oxygen atoms in total. The molecule has 0 bridgehead atoms. The molecule has 1 N–H and O–H groups in total. The highest BCUT2D eigenvalue weighted by Gasteiger charge is 2.12. The normalized spacial score (nSPS) is 12.3. The van der Waals surface area contributed by atoms with Gasteiger partial charge in [-0.25, -0.2) is 4.98 Å². The molecule has 5 aromatic rings. The lowest BCUT2D eigenvalue weighted by atomic mass is 10.0. The van der Waals surface area contributed by atoms with Gasteiger partial charge in [0.05, 0.1) is 17.8 Å². The summed E-state index contributed by atoms with van der Waals surface area (Å²) in [5.41, 5.74) is 4.45. The van der Waals surface area contributed by atoms with Crippen LogP contribution < -0.4 is 5.32 Å². The molecule has 0 saturated carbocycles. The van der Waals surface area contributed by atoms with Gasteiger partial charge in [-0.3, -0.25) is 9.67 Å². The van der Waals surface area contributed by atoms with E-state index in [0.29, 0.717) is 0 Å². The molecular weight excluding hydrogens is 370 g/mol.